The van der Waals surface area contributed by atoms with Crippen molar-refractivity contribution in [1.29, 1.82) is 0 Å². The summed E-state index contributed by atoms with van der Waals surface area (Å²) < 4.78 is 5.85. The van der Waals surface area contributed by atoms with E-state index in [-0.39, 0.29) is 12.0 Å². The van der Waals surface area contributed by atoms with Crippen molar-refractivity contribution in [2.75, 3.05) is 32.1 Å². The molecule has 1 fully saturated rings. The van der Waals surface area contributed by atoms with E-state index in [1.807, 2.05) is 42.1 Å². The second-order valence-electron chi connectivity index (χ2n) is 6.30. The number of hydrogen-bond acceptors (Lipinski definition) is 5. The van der Waals surface area contributed by atoms with E-state index in [1.165, 1.54) is 0 Å². The minimum Gasteiger partial charge on any atom is -0.471 e. The quantitative estimate of drug-likeness (QED) is 0.819. The van der Waals surface area contributed by atoms with Crippen LogP contribution in [0, 0.1) is 0 Å². The van der Waals surface area contributed by atoms with Gasteiger partial charge in [-0.15, -0.1) is 10.2 Å². The molecule has 1 aromatic carbocycles. The van der Waals surface area contributed by atoms with E-state index in [0.29, 0.717) is 30.4 Å². The van der Waals surface area contributed by atoms with Crippen LogP contribution in [-0.2, 0) is 11.2 Å². The molecule has 25 heavy (non-hydrogen) atoms. The van der Waals surface area contributed by atoms with Crippen molar-refractivity contribution in [3.63, 3.8) is 0 Å². The van der Waals surface area contributed by atoms with Gasteiger partial charge in [0.25, 0.3) is 0 Å². The lowest BCUT2D eigenvalue weighted by Gasteiger charge is -2.17. The number of aromatic nitrogens is 2. The van der Waals surface area contributed by atoms with E-state index in [9.17, 15) is 4.79 Å². The third-order valence-electron chi connectivity index (χ3n) is 4.14. The number of anilines is 1. The molecule has 0 aliphatic carbocycles. The molecule has 1 saturated heterocycles. The van der Waals surface area contributed by atoms with Gasteiger partial charge in [0.1, 0.15) is 6.10 Å². The fourth-order valence-corrected chi connectivity index (χ4v) is 2.85. The number of nitrogens with zero attached hydrogens (tertiary/aromatic N) is 4. The Balaban J connectivity index is 1.52. The van der Waals surface area contributed by atoms with Crippen LogP contribution in [0.4, 0.5) is 5.82 Å². The zero-order valence-corrected chi connectivity index (χ0v) is 15.1. The van der Waals surface area contributed by atoms with Crippen molar-refractivity contribution >= 4 is 23.3 Å². The third kappa shape index (κ3) is 4.60. The minimum atomic E-state index is -0.0475. The van der Waals surface area contributed by atoms with E-state index in [0.717, 1.165) is 17.8 Å². The lowest BCUT2D eigenvalue weighted by atomic mass is 10.1. The summed E-state index contributed by atoms with van der Waals surface area (Å²) in [5.41, 5.74) is 0.962. The van der Waals surface area contributed by atoms with Crippen molar-refractivity contribution in [2.24, 2.45) is 0 Å². The first-order valence-electron chi connectivity index (χ1n) is 8.21. The highest BCUT2D eigenvalue weighted by molar-refractivity contribution is 6.30. The zero-order valence-electron chi connectivity index (χ0n) is 14.4. The molecule has 3 rings (SSSR count). The molecule has 1 aromatic heterocycles. The average Bonchev–Trinajstić information content (AvgIpc) is 3.06. The molecular weight excluding hydrogens is 340 g/mol. The molecule has 1 aliphatic heterocycles. The Bertz CT molecular complexity index is 719. The molecule has 0 spiro atoms. The first-order valence-corrected chi connectivity index (χ1v) is 8.59. The highest BCUT2D eigenvalue weighted by Gasteiger charge is 2.27. The number of ether oxygens (including phenoxy) is 1. The lowest BCUT2D eigenvalue weighted by Crippen LogP contribution is -2.32. The van der Waals surface area contributed by atoms with Crippen molar-refractivity contribution in [3.8, 4) is 5.88 Å². The number of hydrogen-bond donors (Lipinski definition) is 0. The third-order valence-corrected chi connectivity index (χ3v) is 4.39. The highest BCUT2D eigenvalue weighted by Crippen LogP contribution is 2.19. The summed E-state index contributed by atoms with van der Waals surface area (Å²) in [7, 11) is 3.82. The van der Waals surface area contributed by atoms with Crippen molar-refractivity contribution < 1.29 is 9.53 Å². The van der Waals surface area contributed by atoms with Crippen LogP contribution in [0.5, 0.6) is 5.88 Å². The lowest BCUT2D eigenvalue weighted by molar-refractivity contribution is -0.129. The minimum absolute atomic E-state index is 0.0475. The number of carbonyl (C=O) groups excluding carboxylic acids is 1. The normalized spacial score (nSPS) is 16.8. The summed E-state index contributed by atoms with van der Waals surface area (Å²) in [6.07, 6.45) is 1.12. The van der Waals surface area contributed by atoms with Crippen LogP contribution in [0.2, 0.25) is 5.02 Å². The van der Waals surface area contributed by atoms with E-state index in [1.54, 1.807) is 18.2 Å². The Morgan fingerprint density at radius 3 is 2.64 bits per heavy atom. The smallest absolute Gasteiger partial charge is 0.233 e. The van der Waals surface area contributed by atoms with Crippen LogP contribution in [0.25, 0.3) is 0 Å². The second-order valence-corrected chi connectivity index (χ2v) is 6.73. The number of amides is 1. The molecule has 6 nitrogen and oxygen atoms in total. The highest BCUT2D eigenvalue weighted by atomic mass is 35.5. The van der Waals surface area contributed by atoms with Crippen molar-refractivity contribution in [2.45, 2.75) is 18.9 Å². The standard InChI is InChI=1S/C18H21ClN4O2/c1-22(2)16-7-8-17(21-20-16)25-15-9-10-23(12-15)18(24)11-13-3-5-14(19)6-4-13/h3-8,15H,9-12H2,1-2H3. The van der Waals surface area contributed by atoms with Crippen molar-refractivity contribution in [1.82, 2.24) is 15.1 Å². The van der Waals surface area contributed by atoms with Gasteiger partial charge in [-0.05, 0) is 23.8 Å². The maximum absolute atomic E-state index is 12.4. The summed E-state index contributed by atoms with van der Waals surface area (Å²) in [5, 5.41) is 8.85. The predicted octanol–water partition coefficient (Wildman–Crippen LogP) is 2.42. The SMILES string of the molecule is CN(C)c1ccc(OC2CCN(C(=O)Cc3ccc(Cl)cc3)C2)nn1. The summed E-state index contributed by atoms with van der Waals surface area (Å²) in [4.78, 5) is 16.1. The summed E-state index contributed by atoms with van der Waals surface area (Å²) >= 11 is 5.87. The number of rotatable bonds is 5. The van der Waals surface area contributed by atoms with Crippen LogP contribution in [0.3, 0.4) is 0 Å². The van der Waals surface area contributed by atoms with Gasteiger partial charge in [0, 0.05) is 38.1 Å². The van der Waals surface area contributed by atoms with Crippen LogP contribution >= 0.6 is 11.6 Å². The van der Waals surface area contributed by atoms with Gasteiger partial charge in [-0.25, -0.2) is 0 Å². The maximum atomic E-state index is 12.4. The summed E-state index contributed by atoms with van der Waals surface area (Å²) in [5.74, 6) is 1.36. The van der Waals surface area contributed by atoms with Crippen molar-refractivity contribution in [3.05, 3.63) is 47.0 Å². The topological polar surface area (TPSA) is 58.6 Å². The fourth-order valence-electron chi connectivity index (χ4n) is 2.72. The zero-order chi connectivity index (χ0) is 17.8. The Morgan fingerprint density at radius 2 is 2.00 bits per heavy atom. The number of carbonyl (C=O) groups is 1. The molecule has 0 saturated carbocycles. The maximum Gasteiger partial charge on any atom is 0.233 e. The van der Waals surface area contributed by atoms with Gasteiger partial charge in [0.15, 0.2) is 5.82 Å². The molecule has 2 aromatic rings. The van der Waals surface area contributed by atoms with E-state index < -0.39 is 0 Å². The van der Waals surface area contributed by atoms with E-state index >= 15 is 0 Å². The number of likely N-dealkylation sites (tertiary alicyclic amines) is 1. The first-order chi connectivity index (χ1) is 12.0. The van der Waals surface area contributed by atoms with Gasteiger partial charge in [0.2, 0.25) is 11.8 Å². The summed E-state index contributed by atoms with van der Waals surface area (Å²) in [6.45, 7) is 1.27. The largest absolute Gasteiger partial charge is 0.471 e. The molecule has 1 atom stereocenters. The van der Waals surface area contributed by atoms with Gasteiger partial charge >= 0.3 is 0 Å². The molecule has 132 valence electrons. The molecule has 0 radical (unpaired) electrons. The van der Waals surface area contributed by atoms with Crippen LogP contribution < -0.4 is 9.64 Å². The Labute approximate surface area is 152 Å². The molecule has 1 amide bonds. The van der Waals surface area contributed by atoms with Gasteiger partial charge < -0.3 is 14.5 Å². The molecule has 1 unspecified atom stereocenters. The van der Waals surface area contributed by atoms with E-state index in [4.69, 9.17) is 16.3 Å². The molecular formula is C18H21ClN4O2. The van der Waals surface area contributed by atoms with Gasteiger partial charge in [0.05, 0.1) is 13.0 Å². The number of benzene rings is 1. The molecule has 1 aliphatic rings. The Kier molecular flexibility index (Phi) is 5.38. The monoisotopic (exact) mass is 360 g/mol. The molecule has 7 heteroatoms. The number of halogens is 1. The van der Waals surface area contributed by atoms with Crippen LogP contribution in [0.15, 0.2) is 36.4 Å². The van der Waals surface area contributed by atoms with Gasteiger partial charge in [-0.2, -0.15) is 0 Å². The molecule has 0 N–H and O–H groups in total. The van der Waals surface area contributed by atoms with E-state index in [2.05, 4.69) is 10.2 Å². The first kappa shape index (κ1) is 17.5. The second kappa shape index (κ2) is 7.70. The Hall–Kier alpha value is -2.34. The molecule has 0 bridgehead atoms. The predicted molar refractivity (Wildman–Crippen MR) is 97.1 cm³/mol. The molecule has 2 heterocycles. The average molecular weight is 361 g/mol. The van der Waals surface area contributed by atoms with Crippen LogP contribution in [-0.4, -0.2) is 54.3 Å². The van der Waals surface area contributed by atoms with Crippen LogP contribution in [0.1, 0.15) is 12.0 Å². The van der Waals surface area contributed by atoms with Gasteiger partial charge in [-0.1, -0.05) is 23.7 Å². The Morgan fingerprint density at radius 1 is 1.24 bits per heavy atom. The van der Waals surface area contributed by atoms with Gasteiger partial charge in [-0.3, -0.25) is 4.79 Å². The fraction of sp³-hybridized carbons (Fsp3) is 0.389. The summed E-state index contributed by atoms with van der Waals surface area (Å²) in [6, 6.07) is 11.0.